The van der Waals surface area contributed by atoms with Crippen molar-refractivity contribution in [1.29, 1.82) is 0 Å². The van der Waals surface area contributed by atoms with Crippen LogP contribution in [0.15, 0.2) is 24.3 Å². The van der Waals surface area contributed by atoms with Gasteiger partial charge in [0.15, 0.2) is 0 Å². The van der Waals surface area contributed by atoms with Gasteiger partial charge in [-0.2, -0.15) is 0 Å². The summed E-state index contributed by atoms with van der Waals surface area (Å²) in [4.78, 5) is 12.5. The number of rotatable bonds is 4. The van der Waals surface area contributed by atoms with Crippen LogP contribution >= 0.6 is 11.6 Å². The van der Waals surface area contributed by atoms with E-state index in [1.54, 1.807) is 0 Å². The summed E-state index contributed by atoms with van der Waals surface area (Å²) in [6, 6.07) is 5.70. The Morgan fingerprint density at radius 3 is 2.54 bits per heavy atom. The molecule has 0 N–H and O–H groups in total. The summed E-state index contributed by atoms with van der Waals surface area (Å²) >= 11 is 6.18. The number of ether oxygens (including phenoxy) is 2. The zero-order valence-electron chi connectivity index (χ0n) is 14.7. The van der Waals surface area contributed by atoms with Crippen LogP contribution in [0.3, 0.4) is 0 Å². The molecule has 4 heteroatoms. The van der Waals surface area contributed by atoms with Crippen molar-refractivity contribution in [3.05, 3.63) is 34.9 Å². The third-order valence-electron chi connectivity index (χ3n) is 4.36. The second-order valence-corrected chi connectivity index (χ2v) is 8.15. The van der Waals surface area contributed by atoms with Crippen molar-refractivity contribution in [3.8, 4) is 5.75 Å². The standard InChI is InChI=1S/C20H25ClO3/c1-19(2,3)24-18(22)20(11-12-20)23-17-13-15(21)9-10-16(17)14-7-5-4-6-8-14/h7,9-10,13H,4-6,8,11-12H2,1-3H3. The first-order valence-electron chi connectivity index (χ1n) is 8.71. The maximum Gasteiger partial charge on any atom is 0.351 e. The van der Waals surface area contributed by atoms with Crippen LogP contribution in [0.4, 0.5) is 0 Å². The van der Waals surface area contributed by atoms with Gasteiger partial charge in [-0.05, 0) is 70.2 Å². The molecule has 0 bridgehead atoms. The summed E-state index contributed by atoms with van der Waals surface area (Å²) in [7, 11) is 0. The zero-order valence-corrected chi connectivity index (χ0v) is 15.4. The van der Waals surface area contributed by atoms with Gasteiger partial charge >= 0.3 is 5.97 Å². The van der Waals surface area contributed by atoms with E-state index in [1.165, 1.54) is 18.4 Å². The van der Waals surface area contributed by atoms with Crippen LogP contribution < -0.4 is 4.74 Å². The molecule has 1 aromatic rings. The van der Waals surface area contributed by atoms with Gasteiger partial charge in [-0.1, -0.05) is 17.7 Å². The number of carbonyl (C=O) groups excluding carboxylic acids is 1. The highest BCUT2D eigenvalue weighted by Gasteiger charge is 2.55. The molecule has 0 atom stereocenters. The summed E-state index contributed by atoms with van der Waals surface area (Å²) in [5.74, 6) is 0.414. The Hall–Kier alpha value is -1.48. The van der Waals surface area contributed by atoms with Gasteiger partial charge in [-0.3, -0.25) is 0 Å². The molecule has 3 rings (SSSR count). The fourth-order valence-electron chi connectivity index (χ4n) is 2.97. The average molecular weight is 349 g/mol. The van der Waals surface area contributed by atoms with Gasteiger partial charge < -0.3 is 9.47 Å². The number of hydrogen-bond donors (Lipinski definition) is 0. The number of benzene rings is 1. The average Bonchev–Trinajstić information content (AvgIpc) is 3.27. The van der Waals surface area contributed by atoms with Crippen molar-refractivity contribution in [1.82, 2.24) is 0 Å². The molecule has 0 radical (unpaired) electrons. The van der Waals surface area contributed by atoms with Gasteiger partial charge in [0, 0.05) is 23.4 Å². The molecule has 1 aromatic carbocycles. The van der Waals surface area contributed by atoms with E-state index in [4.69, 9.17) is 21.1 Å². The fourth-order valence-corrected chi connectivity index (χ4v) is 3.13. The van der Waals surface area contributed by atoms with Crippen molar-refractivity contribution in [2.24, 2.45) is 0 Å². The van der Waals surface area contributed by atoms with Gasteiger partial charge in [-0.15, -0.1) is 0 Å². The first kappa shape index (κ1) is 17.3. The summed E-state index contributed by atoms with van der Waals surface area (Å²) in [6.07, 6.45) is 8.19. The van der Waals surface area contributed by atoms with E-state index in [2.05, 4.69) is 6.08 Å². The lowest BCUT2D eigenvalue weighted by Crippen LogP contribution is -2.37. The molecular weight excluding hydrogens is 324 g/mol. The molecule has 0 amide bonds. The van der Waals surface area contributed by atoms with E-state index in [0.29, 0.717) is 23.6 Å². The molecule has 130 valence electrons. The lowest BCUT2D eigenvalue weighted by molar-refractivity contribution is -0.165. The van der Waals surface area contributed by atoms with Crippen molar-refractivity contribution in [3.63, 3.8) is 0 Å². The smallest absolute Gasteiger partial charge is 0.351 e. The molecule has 24 heavy (non-hydrogen) atoms. The lowest BCUT2D eigenvalue weighted by Gasteiger charge is -2.26. The zero-order chi connectivity index (χ0) is 17.4. The number of hydrogen-bond acceptors (Lipinski definition) is 3. The SMILES string of the molecule is CC(C)(C)OC(=O)C1(Oc2cc(Cl)ccc2C2=CCCCC2)CC1. The molecule has 2 aliphatic carbocycles. The van der Waals surface area contributed by atoms with Crippen molar-refractivity contribution in [2.45, 2.75) is 70.5 Å². The molecule has 0 heterocycles. The number of esters is 1. The monoisotopic (exact) mass is 348 g/mol. The fraction of sp³-hybridized carbons (Fsp3) is 0.550. The van der Waals surface area contributed by atoms with Crippen LogP contribution in [0.1, 0.15) is 64.9 Å². The minimum atomic E-state index is -0.845. The molecule has 0 aliphatic heterocycles. The van der Waals surface area contributed by atoms with E-state index in [1.807, 2.05) is 39.0 Å². The summed E-state index contributed by atoms with van der Waals surface area (Å²) in [6.45, 7) is 5.62. The second kappa shape index (κ2) is 6.44. The van der Waals surface area contributed by atoms with Gasteiger partial charge in [0.05, 0.1) is 0 Å². The van der Waals surface area contributed by atoms with Gasteiger partial charge in [0.25, 0.3) is 0 Å². The molecule has 0 saturated heterocycles. The minimum absolute atomic E-state index is 0.279. The van der Waals surface area contributed by atoms with Crippen LogP contribution in [0, 0.1) is 0 Å². The number of halogens is 1. The second-order valence-electron chi connectivity index (χ2n) is 7.71. The van der Waals surface area contributed by atoms with Crippen molar-refractivity contribution >= 4 is 23.1 Å². The van der Waals surface area contributed by atoms with E-state index in [0.717, 1.165) is 18.4 Å². The predicted octanol–water partition coefficient (Wildman–Crippen LogP) is 5.55. The van der Waals surface area contributed by atoms with Gasteiger partial charge in [-0.25, -0.2) is 4.79 Å². The molecule has 1 fully saturated rings. The Morgan fingerprint density at radius 1 is 1.21 bits per heavy atom. The van der Waals surface area contributed by atoms with E-state index in [9.17, 15) is 4.79 Å². The maximum absolute atomic E-state index is 12.5. The van der Waals surface area contributed by atoms with E-state index in [-0.39, 0.29) is 5.97 Å². The van der Waals surface area contributed by atoms with Crippen LogP contribution in [-0.4, -0.2) is 17.2 Å². The Bertz CT molecular complexity index is 666. The Balaban J connectivity index is 1.85. The van der Waals surface area contributed by atoms with E-state index >= 15 is 0 Å². The van der Waals surface area contributed by atoms with Crippen LogP contribution in [-0.2, 0) is 9.53 Å². The first-order chi connectivity index (χ1) is 11.3. The molecule has 0 spiro atoms. The quantitative estimate of drug-likeness (QED) is 0.669. The van der Waals surface area contributed by atoms with E-state index < -0.39 is 11.2 Å². The summed E-state index contributed by atoms with van der Waals surface area (Å²) in [5, 5.41) is 0.616. The van der Waals surface area contributed by atoms with Crippen LogP contribution in [0.5, 0.6) is 5.75 Å². The summed E-state index contributed by atoms with van der Waals surface area (Å²) in [5.41, 5.74) is 0.975. The normalized spacial score (nSPS) is 19.4. The largest absolute Gasteiger partial charge is 0.475 e. The van der Waals surface area contributed by atoms with Gasteiger partial charge in [0.2, 0.25) is 5.60 Å². The van der Waals surface area contributed by atoms with Crippen LogP contribution in [0.2, 0.25) is 5.02 Å². The highest BCUT2D eigenvalue weighted by atomic mass is 35.5. The van der Waals surface area contributed by atoms with Crippen molar-refractivity contribution < 1.29 is 14.3 Å². The summed E-state index contributed by atoms with van der Waals surface area (Å²) < 4.78 is 11.7. The number of carbonyl (C=O) groups is 1. The third-order valence-corrected chi connectivity index (χ3v) is 4.60. The van der Waals surface area contributed by atoms with Gasteiger partial charge in [0.1, 0.15) is 11.4 Å². The minimum Gasteiger partial charge on any atom is -0.475 e. The Kier molecular flexibility index (Phi) is 4.65. The lowest BCUT2D eigenvalue weighted by atomic mass is 9.93. The molecule has 3 nitrogen and oxygen atoms in total. The maximum atomic E-state index is 12.5. The third kappa shape index (κ3) is 3.94. The highest BCUT2D eigenvalue weighted by Crippen LogP contribution is 2.45. The Labute approximate surface area is 149 Å². The number of allylic oxidation sites excluding steroid dienone is 2. The Morgan fingerprint density at radius 2 is 1.96 bits per heavy atom. The first-order valence-corrected chi connectivity index (χ1v) is 9.08. The molecular formula is C20H25ClO3. The topological polar surface area (TPSA) is 35.5 Å². The molecule has 1 saturated carbocycles. The molecule has 0 aromatic heterocycles. The van der Waals surface area contributed by atoms with Crippen molar-refractivity contribution in [2.75, 3.05) is 0 Å². The molecule has 2 aliphatic rings. The predicted molar refractivity (Wildman–Crippen MR) is 96.3 cm³/mol. The molecule has 0 unspecified atom stereocenters. The highest BCUT2D eigenvalue weighted by molar-refractivity contribution is 6.30. The van der Waals surface area contributed by atoms with Crippen LogP contribution in [0.25, 0.3) is 5.57 Å².